The van der Waals surface area contributed by atoms with Gasteiger partial charge >= 0.3 is 0 Å². The lowest BCUT2D eigenvalue weighted by atomic mass is 10.1. The summed E-state index contributed by atoms with van der Waals surface area (Å²) in [5.74, 6) is 0. The molecule has 0 fully saturated rings. The minimum absolute atomic E-state index is 0.325. The normalized spacial score (nSPS) is 15.6. The Morgan fingerprint density at radius 1 is 1.00 bits per heavy atom. The Morgan fingerprint density at radius 3 is 2.39 bits per heavy atom. The van der Waals surface area contributed by atoms with Gasteiger partial charge in [0, 0.05) is 12.1 Å². The van der Waals surface area contributed by atoms with Crippen LogP contribution in [0.3, 0.4) is 0 Å². The standard InChI is InChI=1S/C16H15NS/c1-12(13-7-3-2-4-8-13)17-11-14-9-5-6-10-15(14)16(17)18/h2-10,12H,11H2,1H3. The summed E-state index contributed by atoms with van der Waals surface area (Å²) < 4.78 is 0. The molecule has 3 rings (SSSR count). The van der Waals surface area contributed by atoms with E-state index in [-0.39, 0.29) is 0 Å². The predicted molar refractivity (Wildman–Crippen MR) is 78.5 cm³/mol. The molecule has 90 valence electrons. The second-order valence-electron chi connectivity index (χ2n) is 4.68. The molecular weight excluding hydrogens is 238 g/mol. The molecule has 1 aliphatic rings. The van der Waals surface area contributed by atoms with E-state index >= 15 is 0 Å². The van der Waals surface area contributed by atoms with Gasteiger partial charge < -0.3 is 4.90 Å². The van der Waals surface area contributed by atoms with Crippen LogP contribution in [0.15, 0.2) is 54.6 Å². The first kappa shape index (κ1) is 11.4. The highest BCUT2D eigenvalue weighted by Gasteiger charge is 2.27. The summed E-state index contributed by atoms with van der Waals surface area (Å²) in [7, 11) is 0. The van der Waals surface area contributed by atoms with Gasteiger partial charge in [-0.05, 0) is 18.1 Å². The maximum Gasteiger partial charge on any atom is 0.110 e. The number of thiocarbonyl (C=S) groups is 1. The topological polar surface area (TPSA) is 3.24 Å². The number of rotatable bonds is 2. The van der Waals surface area contributed by atoms with Crippen molar-refractivity contribution in [3.05, 3.63) is 71.3 Å². The molecule has 0 spiro atoms. The van der Waals surface area contributed by atoms with Gasteiger partial charge in [0.25, 0.3) is 0 Å². The van der Waals surface area contributed by atoms with Crippen LogP contribution in [0, 0.1) is 0 Å². The zero-order valence-corrected chi connectivity index (χ0v) is 11.2. The van der Waals surface area contributed by atoms with Gasteiger partial charge in [-0.25, -0.2) is 0 Å². The Labute approximate surface area is 113 Å². The molecule has 0 radical (unpaired) electrons. The van der Waals surface area contributed by atoms with Crippen molar-refractivity contribution >= 4 is 17.2 Å². The monoisotopic (exact) mass is 253 g/mol. The zero-order chi connectivity index (χ0) is 12.5. The Hall–Kier alpha value is -1.67. The van der Waals surface area contributed by atoms with Gasteiger partial charge in [-0.3, -0.25) is 0 Å². The van der Waals surface area contributed by atoms with Gasteiger partial charge in [0.05, 0.1) is 6.04 Å². The van der Waals surface area contributed by atoms with Gasteiger partial charge in [0.1, 0.15) is 4.99 Å². The van der Waals surface area contributed by atoms with Gasteiger partial charge in [0.15, 0.2) is 0 Å². The second-order valence-corrected chi connectivity index (χ2v) is 5.06. The van der Waals surface area contributed by atoms with Crippen molar-refractivity contribution in [3.8, 4) is 0 Å². The Bertz CT molecular complexity index is 577. The molecule has 1 unspecified atom stereocenters. The van der Waals surface area contributed by atoms with E-state index in [0.29, 0.717) is 6.04 Å². The van der Waals surface area contributed by atoms with Crippen molar-refractivity contribution in [2.75, 3.05) is 0 Å². The average Bonchev–Trinajstić information content (AvgIpc) is 2.77. The minimum Gasteiger partial charge on any atom is -0.351 e. The van der Waals surface area contributed by atoms with E-state index in [0.717, 1.165) is 11.5 Å². The molecule has 0 aliphatic carbocycles. The van der Waals surface area contributed by atoms with E-state index in [4.69, 9.17) is 12.2 Å². The van der Waals surface area contributed by atoms with Crippen molar-refractivity contribution in [2.24, 2.45) is 0 Å². The molecule has 1 atom stereocenters. The number of benzene rings is 2. The summed E-state index contributed by atoms with van der Waals surface area (Å²) in [6.45, 7) is 3.14. The van der Waals surface area contributed by atoms with Crippen molar-refractivity contribution in [2.45, 2.75) is 19.5 Å². The molecule has 0 aromatic heterocycles. The van der Waals surface area contributed by atoms with Gasteiger partial charge in [-0.1, -0.05) is 66.8 Å². The largest absolute Gasteiger partial charge is 0.351 e. The molecule has 2 aromatic rings. The summed E-state index contributed by atoms with van der Waals surface area (Å²) in [6.07, 6.45) is 0. The van der Waals surface area contributed by atoms with E-state index in [9.17, 15) is 0 Å². The fourth-order valence-corrected chi connectivity index (χ4v) is 2.92. The van der Waals surface area contributed by atoms with E-state index in [1.165, 1.54) is 16.7 Å². The molecule has 1 heterocycles. The SMILES string of the molecule is CC(c1ccccc1)N1Cc2ccccc2C1=S. The van der Waals surface area contributed by atoms with Crippen molar-refractivity contribution in [1.82, 2.24) is 4.90 Å². The summed E-state index contributed by atoms with van der Waals surface area (Å²) in [6, 6.07) is 19.3. The van der Waals surface area contributed by atoms with Crippen molar-refractivity contribution < 1.29 is 0 Å². The van der Waals surface area contributed by atoms with Crippen LogP contribution < -0.4 is 0 Å². The molecule has 1 aliphatic heterocycles. The zero-order valence-electron chi connectivity index (χ0n) is 10.3. The van der Waals surface area contributed by atoms with Crippen LogP contribution in [-0.2, 0) is 6.54 Å². The lowest BCUT2D eigenvalue weighted by Crippen LogP contribution is -2.26. The summed E-state index contributed by atoms with van der Waals surface area (Å²) in [5.41, 5.74) is 3.87. The Balaban J connectivity index is 1.91. The molecule has 2 aromatic carbocycles. The molecule has 0 bridgehead atoms. The lowest BCUT2D eigenvalue weighted by molar-refractivity contribution is 0.349. The van der Waals surface area contributed by atoms with Crippen molar-refractivity contribution in [3.63, 3.8) is 0 Å². The van der Waals surface area contributed by atoms with Gasteiger partial charge in [-0.15, -0.1) is 0 Å². The minimum atomic E-state index is 0.325. The number of fused-ring (bicyclic) bond motifs is 1. The molecule has 18 heavy (non-hydrogen) atoms. The van der Waals surface area contributed by atoms with Crippen LogP contribution in [0.5, 0.6) is 0 Å². The molecule has 0 saturated carbocycles. The fraction of sp³-hybridized carbons (Fsp3) is 0.188. The highest BCUT2D eigenvalue weighted by Crippen LogP contribution is 2.31. The highest BCUT2D eigenvalue weighted by atomic mass is 32.1. The number of hydrogen-bond donors (Lipinski definition) is 0. The summed E-state index contributed by atoms with van der Waals surface area (Å²) >= 11 is 5.60. The maximum absolute atomic E-state index is 5.60. The third-order valence-electron chi connectivity index (χ3n) is 3.60. The lowest BCUT2D eigenvalue weighted by Gasteiger charge is -2.26. The first-order valence-corrected chi connectivity index (χ1v) is 6.62. The molecular formula is C16H15NS. The molecule has 2 heteroatoms. The number of hydrogen-bond acceptors (Lipinski definition) is 1. The molecule has 0 N–H and O–H groups in total. The molecule has 0 amide bonds. The average molecular weight is 253 g/mol. The quantitative estimate of drug-likeness (QED) is 0.746. The third-order valence-corrected chi connectivity index (χ3v) is 4.05. The van der Waals surface area contributed by atoms with Crippen LogP contribution in [0.25, 0.3) is 0 Å². The predicted octanol–water partition coefficient (Wildman–Crippen LogP) is 3.94. The number of nitrogens with zero attached hydrogens (tertiary/aromatic N) is 1. The van der Waals surface area contributed by atoms with E-state index in [1.54, 1.807) is 0 Å². The maximum atomic E-state index is 5.60. The highest BCUT2D eigenvalue weighted by molar-refractivity contribution is 7.80. The molecule has 0 saturated heterocycles. The first-order valence-electron chi connectivity index (χ1n) is 6.21. The third kappa shape index (κ3) is 1.83. The van der Waals surface area contributed by atoms with Crippen LogP contribution >= 0.6 is 12.2 Å². The van der Waals surface area contributed by atoms with Crippen LogP contribution in [0.4, 0.5) is 0 Å². The fourth-order valence-electron chi connectivity index (χ4n) is 2.50. The molecule has 1 nitrogen and oxygen atoms in total. The van der Waals surface area contributed by atoms with Crippen LogP contribution in [0.1, 0.15) is 29.7 Å². The van der Waals surface area contributed by atoms with Crippen molar-refractivity contribution in [1.29, 1.82) is 0 Å². The van der Waals surface area contributed by atoms with E-state index in [1.807, 2.05) is 6.07 Å². The van der Waals surface area contributed by atoms with Crippen LogP contribution in [-0.4, -0.2) is 9.89 Å². The van der Waals surface area contributed by atoms with E-state index < -0.39 is 0 Å². The summed E-state index contributed by atoms with van der Waals surface area (Å²) in [4.78, 5) is 3.27. The smallest absolute Gasteiger partial charge is 0.110 e. The van der Waals surface area contributed by atoms with Crippen LogP contribution in [0.2, 0.25) is 0 Å². The van der Waals surface area contributed by atoms with E-state index in [2.05, 4.69) is 60.4 Å². The Morgan fingerprint density at radius 2 is 1.67 bits per heavy atom. The Kier molecular flexibility index (Phi) is 2.88. The first-order chi connectivity index (χ1) is 8.77. The second kappa shape index (κ2) is 4.54. The van der Waals surface area contributed by atoms with Gasteiger partial charge in [0.2, 0.25) is 0 Å². The van der Waals surface area contributed by atoms with Gasteiger partial charge in [-0.2, -0.15) is 0 Å². The summed E-state index contributed by atoms with van der Waals surface area (Å²) in [5, 5.41) is 0.